The maximum Gasteiger partial charge on any atom is 0.407 e. The number of benzene rings is 6. The van der Waals surface area contributed by atoms with Gasteiger partial charge >= 0.3 is 35.9 Å². The number of carbonyl (C=O) groups is 6. The molecule has 20 heteroatoms. The van der Waals surface area contributed by atoms with Gasteiger partial charge in [0, 0.05) is 36.1 Å². The zero-order valence-electron chi connectivity index (χ0n) is 46.4. The monoisotopic (exact) mass is 1150 g/mol. The van der Waals surface area contributed by atoms with Crippen LogP contribution >= 0.6 is 0 Å². The molecule has 1 aromatic heterocycles. The van der Waals surface area contributed by atoms with Crippen LogP contribution in [0.1, 0.15) is 91.3 Å². The van der Waals surface area contributed by atoms with Crippen molar-refractivity contribution in [2.75, 3.05) is 52.8 Å². The van der Waals surface area contributed by atoms with Gasteiger partial charge in [0.05, 0.1) is 67.5 Å². The quantitative estimate of drug-likeness (QED) is 0.0178. The van der Waals surface area contributed by atoms with Crippen LogP contribution in [0.5, 0.6) is 0 Å². The molecule has 8 rings (SSSR count). The predicted octanol–water partition coefficient (Wildman–Crippen LogP) is 9.53. The zero-order chi connectivity index (χ0) is 58.9. The van der Waals surface area contributed by atoms with E-state index in [9.17, 15) is 28.8 Å². The largest absolute Gasteiger partial charge is 0.481 e. The summed E-state index contributed by atoms with van der Waals surface area (Å²) in [6.45, 7) is 1.60. The molecular formula is C64H66N4O16. The van der Waals surface area contributed by atoms with Crippen LogP contribution in [0.15, 0.2) is 170 Å². The fourth-order valence-corrected chi connectivity index (χ4v) is 9.17. The number of carboxylic acids is 1. The molecule has 0 aliphatic heterocycles. The molecule has 0 radical (unpaired) electrons. The van der Waals surface area contributed by atoms with Gasteiger partial charge in [-0.25, -0.2) is 28.7 Å². The number of alkyl carbamates (subject to hydrolysis) is 1. The highest BCUT2D eigenvalue weighted by Crippen LogP contribution is 2.41. The highest BCUT2D eigenvalue weighted by atomic mass is 16.7. The Morgan fingerprint density at radius 2 is 1.13 bits per heavy atom. The first kappa shape index (κ1) is 61.0. The topological polar surface area (TPSA) is 248 Å². The number of esters is 4. The number of nitrogens with zero attached hydrogens (tertiary/aromatic N) is 3. The molecule has 0 saturated carbocycles. The van der Waals surface area contributed by atoms with Crippen LogP contribution in [-0.4, -0.2) is 133 Å². The van der Waals surface area contributed by atoms with Crippen LogP contribution in [0.2, 0.25) is 0 Å². The van der Waals surface area contributed by atoms with Crippen LogP contribution in [0.4, 0.5) is 4.79 Å². The van der Waals surface area contributed by atoms with Crippen molar-refractivity contribution in [2.45, 2.75) is 76.3 Å². The normalized spacial score (nSPS) is 13.8. The molecule has 1 aliphatic rings. The van der Waals surface area contributed by atoms with Crippen LogP contribution in [0, 0.1) is 0 Å². The van der Waals surface area contributed by atoms with E-state index in [1.807, 2.05) is 48.5 Å². The number of amides is 1. The fourth-order valence-electron chi connectivity index (χ4n) is 9.17. The van der Waals surface area contributed by atoms with Crippen molar-refractivity contribution in [1.29, 1.82) is 0 Å². The van der Waals surface area contributed by atoms with Gasteiger partial charge in [-0.05, 0) is 73.9 Å². The lowest BCUT2D eigenvalue weighted by molar-refractivity contribution is -0.225. The van der Waals surface area contributed by atoms with E-state index < -0.39 is 79.9 Å². The molecule has 5 atom stereocenters. The van der Waals surface area contributed by atoms with Gasteiger partial charge in [-0.3, -0.25) is 4.79 Å². The number of rotatable bonds is 31. The summed E-state index contributed by atoms with van der Waals surface area (Å²) in [5, 5.41) is 21.0. The molecule has 6 aromatic carbocycles. The summed E-state index contributed by atoms with van der Waals surface area (Å²) in [7, 11) is 0. The number of aromatic nitrogens is 3. The molecule has 84 heavy (non-hydrogen) atoms. The number of carbonyl (C=O) groups excluding carboxylic acids is 5. The number of fused-ring (bicyclic) bond motifs is 5. The minimum atomic E-state index is -1.44. The first-order valence-corrected chi connectivity index (χ1v) is 27.7. The van der Waals surface area contributed by atoms with Crippen molar-refractivity contribution < 1.29 is 76.5 Å². The van der Waals surface area contributed by atoms with Gasteiger partial charge in [-0.1, -0.05) is 133 Å². The summed E-state index contributed by atoms with van der Waals surface area (Å²) in [5.74, 6) is -3.77. The lowest BCUT2D eigenvalue weighted by atomic mass is 9.87. The van der Waals surface area contributed by atoms with E-state index >= 15 is 0 Å². The third-order valence-corrected chi connectivity index (χ3v) is 13.4. The Hall–Kier alpha value is -9.08. The van der Waals surface area contributed by atoms with E-state index in [0.717, 1.165) is 27.9 Å². The maximum absolute atomic E-state index is 13.8. The Balaban J connectivity index is 0.917. The highest BCUT2D eigenvalue weighted by molar-refractivity contribution is 5.91. The molecule has 0 fully saturated rings. The van der Waals surface area contributed by atoms with Crippen molar-refractivity contribution >= 4 is 35.9 Å². The SMILES string of the molecule is C[C@@H](OC(=O)c1ccccc1)[C@H](OC(=O)c1ccccc1)C(COC(=O)c1ccccc1)O[C@@H](COC(=O)c1ccccc1)OCCOCCOCCn1nnc2c1-c1ccccc1C(OC(=O)NCCCCCC(=O)O)Cc1ccccc1-2. The van der Waals surface area contributed by atoms with Gasteiger partial charge in [-0.2, -0.15) is 0 Å². The number of hydrogen-bond acceptors (Lipinski definition) is 17. The molecule has 1 heterocycles. The second-order valence-corrected chi connectivity index (χ2v) is 19.3. The van der Waals surface area contributed by atoms with E-state index in [1.165, 1.54) is 6.92 Å². The van der Waals surface area contributed by atoms with Crippen molar-refractivity contribution in [1.82, 2.24) is 20.3 Å². The van der Waals surface area contributed by atoms with E-state index in [4.69, 9.17) is 47.7 Å². The molecule has 0 spiro atoms. The second-order valence-electron chi connectivity index (χ2n) is 19.3. The average Bonchev–Trinajstić information content (AvgIpc) is 2.59. The van der Waals surface area contributed by atoms with E-state index in [1.54, 1.807) is 126 Å². The number of ether oxygens (including phenoxy) is 9. The maximum atomic E-state index is 13.8. The predicted molar refractivity (Wildman–Crippen MR) is 305 cm³/mol. The summed E-state index contributed by atoms with van der Waals surface area (Å²) in [4.78, 5) is 78.1. The Labute approximate surface area is 485 Å². The molecule has 438 valence electrons. The van der Waals surface area contributed by atoms with E-state index in [2.05, 4.69) is 15.6 Å². The summed E-state index contributed by atoms with van der Waals surface area (Å²) in [6.07, 6.45) is -4.40. The number of nitrogens with one attached hydrogen (secondary N) is 1. The fraction of sp³-hybridized carbons (Fsp3) is 0.312. The van der Waals surface area contributed by atoms with Crippen molar-refractivity contribution in [3.63, 3.8) is 0 Å². The first-order chi connectivity index (χ1) is 41.0. The first-order valence-electron chi connectivity index (χ1n) is 27.7. The molecule has 2 unspecified atom stereocenters. The molecule has 2 N–H and O–H groups in total. The van der Waals surface area contributed by atoms with Crippen molar-refractivity contribution in [3.8, 4) is 22.5 Å². The van der Waals surface area contributed by atoms with Gasteiger partial charge in [-0.15, -0.1) is 5.10 Å². The molecular weight excluding hydrogens is 1080 g/mol. The molecule has 0 saturated heterocycles. The molecule has 20 nitrogen and oxygen atoms in total. The van der Waals surface area contributed by atoms with Gasteiger partial charge < -0.3 is 53.1 Å². The van der Waals surface area contributed by atoms with Gasteiger partial charge in [0.1, 0.15) is 37.2 Å². The van der Waals surface area contributed by atoms with E-state index in [0.29, 0.717) is 44.5 Å². The number of aliphatic carboxylic acids is 1. The standard InChI is InChI=1S/C64H66N4O16/c1-44(81-62(73)47-25-11-4-12-26-47)59(84-63(74)48-27-13-5-14-28-48)54(42-79-60(71)45-21-7-2-8-22-45)82-56(43-80-61(72)46-23-9-3-10-24-46)78-40-39-77-38-37-76-36-35-68-58-52-32-19-18-31-51(52)53(83-64(75)65-34-20-6-15-33-55(69)70)41-49-29-16-17-30-50(49)57(58)66-67-68/h2-5,7-14,16-19,21-32,44,53-54,56,59H,6,15,20,33-43H2,1H3,(H,65,75)(H,69,70)/t44-,53?,54?,56+,59+/m1/s1. The number of carboxylic acid groups (broad SMARTS) is 1. The summed E-state index contributed by atoms with van der Waals surface area (Å²) in [6, 6.07) is 48.3. The second kappa shape index (κ2) is 31.9. The molecule has 1 amide bonds. The third-order valence-electron chi connectivity index (χ3n) is 13.4. The smallest absolute Gasteiger partial charge is 0.407 e. The molecule has 1 aliphatic carbocycles. The zero-order valence-corrected chi connectivity index (χ0v) is 46.4. The van der Waals surface area contributed by atoms with Crippen LogP contribution in [0.25, 0.3) is 22.5 Å². The molecule has 0 bridgehead atoms. The van der Waals surface area contributed by atoms with Crippen molar-refractivity contribution in [2.24, 2.45) is 0 Å². The van der Waals surface area contributed by atoms with Gasteiger partial charge in [0.2, 0.25) is 0 Å². The lowest BCUT2D eigenvalue weighted by Crippen LogP contribution is -2.48. The lowest BCUT2D eigenvalue weighted by Gasteiger charge is -2.33. The third kappa shape index (κ3) is 18.0. The summed E-state index contributed by atoms with van der Waals surface area (Å²) >= 11 is 0. The number of unbranched alkanes of at least 4 members (excludes halogenated alkanes) is 2. The Morgan fingerprint density at radius 3 is 1.76 bits per heavy atom. The van der Waals surface area contributed by atoms with E-state index in [-0.39, 0.29) is 61.7 Å². The Bertz CT molecular complexity index is 3240. The minimum Gasteiger partial charge on any atom is -0.481 e. The Kier molecular flexibility index (Phi) is 23.2. The Morgan fingerprint density at radius 1 is 0.595 bits per heavy atom. The number of hydrogen-bond donors (Lipinski definition) is 2. The summed E-state index contributed by atoms with van der Waals surface area (Å²) < 4.78 is 55.9. The minimum absolute atomic E-state index is 0.0157. The summed E-state index contributed by atoms with van der Waals surface area (Å²) in [5.41, 5.74) is 5.65. The van der Waals surface area contributed by atoms with Crippen LogP contribution in [-0.2, 0) is 60.4 Å². The van der Waals surface area contributed by atoms with Gasteiger partial charge in [0.25, 0.3) is 0 Å². The van der Waals surface area contributed by atoms with Crippen molar-refractivity contribution in [3.05, 3.63) is 203 Å². The van der Waals surface area contributed by atoms with Crippen LogP contribution in [0.3, 0.4) is 0 Å². The van der Waals surface area contributed by atoms with Crippen LogP contribution < -0.4 is 5.32 Å². The average molecular weight is 1150 g/mol. The highest BCUT2D eigenvalue weighted by Gasteiger charge is 2.38. The van der Waals surface area contributed by atoms with Gasteiger partial charge in [0.15, 0.2) is 12.4 Å². The molecule has 7 aromatic rings.